The minimum absolute atomic E-state index is 0.0785. The predicted octanol–water partition coefficient (Wildman–Crippen LogP) is 6.22. The van der Waals surface area contributed by atoms with Gasteiger partial charge in [0.05, 0.1) is 27.5 Å². The lowest BCUT2D eigenvalue weighted by atomic mass is 9.73. The van der Waals surface area contributed by atoms with Crippen LogP contribution in [0.2, 0.25) is 10.0 Å². The van der Waals surface area contributed by atoms with Crippen LogP contribution in [0.4, 0.5) is 11.4 Å². The van der Waals surface area contributed by atoms with Gasteiger partial charge in [0.1, 0.15) is 0 Å². The molecule has 0 fully saturated rings. The molecule has 2 aromatic rings. The van der Waals surface area contributed by atoms with Crippen molar-refractivity contribution < 1.29 is 4.79 Å². The molecule has 2 aliphatic rings. The second-order valence-electron chi connectivity index (χ2n) is 7.72. The molecule has 2 aromatic carbocycles. The van der Waals surface area contributed by atoms with Crippen LogP contribution in [0.3, 0.4) is 0 Å². The maximum atomic E-state index is 13.1. The summed E-state index contributed by atoms with van der Waals surface area (Å²) in [7, 11) is 0. The third-order valence-electron chi connectivity index (χ3n) is 5.01. The number of para-hydroxylation sites is 2. The van der Waals surface area contributed by atoms with Gasteiger partial charge in [0.25, 0.3) is 0 Å². The van der Waals surface area contributed by atoms with Gasteiger partial charge in [0.2, 0.25) is 0 Å². The van der Waals surface area contributed by atoms with Crippen LogP contribution in [0, 0.1) is 5.41 Å². The van der Waals surface area contributed by atoms with Crippen molar-refractivity contribution in [2.45, 2.75) is 32.7 Å². The smallest absolute Gasteiger partial charge is 0.163 e. The van der Waals surface area contributed by atoms with Crippen LogP contribution in [-0.4, -0.2) is 5.78 Å². The average molecular weight is 387 g/mol. The second-order valence-corrected chi connectivity index (χ2v) is 8.51. The minimum atomic E-state index is -0.337. The number of ketones is 1. The molecule has 0 spiro atoms. The Morgan fingerprint density at radius 2 is 1.73 bits per heavy atom. The summed E-state index contributed by atoms with van der Waals surface area (Å²) in [5, 5.41) is 7.99. The molecule has 26 heavy (non-hydrogen) atoms. The Bertz CT molecular complexity index is 933. The minimum Gasteiger partial charge on any atom is -0.372 e. The van der Waals surface area contributed by atoms with Crippen LogP contribution in [0.5, 0.6) is 0 Å². The molecule has 0 bridgehead atoms. The third kappa shape index (κ3) is 3.00. The number of Topliss-reactive ketones (excluding diaryl/α,β-unsaturated/α-hetero) is 1. The Kier molecular flexibility index (Phi) is 4.25. The van der Waals surface area contributed by atoms with Crippen molar-refractivity contribution in [1.29, 1.82) is 0 Å². The summed E-state index contributed by atoms with van der Waals surface area (Å²) in [5.41, 5.74) is 4.36. The summed E-state index contributed by atoms with van der Waals surface area (Å²) in [6, 6.07) is 13.2. The zero-order chi connectivity index (χ0) is 18.5. The maximum Gasteiger partial charge on any atom is 0.163 e. The van der Waals surface area contributed by atoms with E-state index in [1.54, 1.807) is 6.07 Å². The Balaban J connectivity index is 1.93. The van der Waals surface area contributed by atoms with Crippen molar-refractivity contribution in [2.24, 2.45) is 5.41 Å². The van der Waals surface area contributed by atoms with Crippen molar-refractivity contribution in [3.8, 4) is 0 Å². The lowest BCUT2D eigenvalue weighted by molar-refractivity contribution is -0.118. The van der Waals surface area contributed by atoms with Gasteiger partial charge in [-0.25, -0.2) is 0 Å². The van der Waals surface area contributed by atoms with Crippen LogP contribution < -0.4 is 10.6 Å². The molecule has 0 saturated heterocycles. The number of halogens is 2. The molecule has 4 rings (SSSR count). The van der Waals surface area contributed by atoms with Gasteiger partial charge in [-0.15, -0.1) is 0 Å². The Morgan fingerprint density at radius 3 is 2.50 bits per heavy atom. The second kappa shape index (κ2) is 6.33. The van der Waals surface area contributed by atoms with E-state index in [2.05, 4.69) is 24.5 Å². The van der Waals surface area contributed by atoms with Gasteiger partial charge < -0.3 is 10.6 Å². The first kappa shape index (κ1) is 17.4. The molecule has 0 radical (unpaired) electrons. The molecule has 134 valence electrons. The van der Waals surface area contributed by atoms with Gasteiger partial charge >= 0.3 is 0 Å². The zero-order valence-electron chi connectivity index (χ0n) is 14.7. The highest BCUT2D eigenvalue weighted by Gasteiger charge is 2.39. The normalized spacial score (nSPS) is 21.2. The number of benzene rings is 2. The van der Waals surface area contributed by atoms with Gasteiger partial charge in [0.15, 0.2) is 5.78 Å². The first-order chi connectivity index (χ1) is 12.4. The molecular formula is C21H20Cl2N2O. The number of hydrogen-bond donors (Lipinski definition) is 2. The van der Waals surface area contributed by atoms with Crippen LogP contribution in [0.25, 0.3) is 0 Å². The number of nitrogens with one attached hydrogen (secondary N) is 2. The van der Waals surface area contributed by atoms with E-state index in [1.165, 1.54) is 0 Å². The van der Waals surface area contributed by atoms with Gasteiger partial charge in [-0.05, 0) is 35.6 Å². The van der Waals surface area contributed by atoms with Gasteiger partial charge in [0, 0.05) is 17.7 Å². The summed E-state index contributed by atoms with van der Waals surface area (Å²) in [6.07, 6.45) is 1.32. The van der Waals surface area contributed by atoms with Crippen LogP contribution in [0.15, 0.2) is 53.7 Å². The molecule has 3 nitrogen and oxygen atoms in total. The van der Waals surface area contributed by atoms with E-state index in [4.69, 9.17) is 23.2 Å². The number of hydrogen-bond acceptors (Lipinski definition) is 3. The molecule has 1 aliphatic carbocycles. The van der Waals surface area contributed by atoms with Crippen molar-refractivity contribution >= 4 is 40.4 Å². The highest BCUT2D eigenvalue weighted by Crippen LogP contribution is 2.46. The lowest BCUT2D eigenvalue weighted by Gasteiger charge is -2.34. The van der Waals surface area contributed by atoms with Crippen molar-refractivity contribution in [3.63, 3.8) is 0 Å². The summed E-state index contributed by atoms with van der Waals surface area (Å²) in [4.78, 5) is 13.1. The number of carbonyl (C=O) groups excluding carboxylic acids is 1. The maximum absolute atomic E-state index is 13.1. The predicted molar refractivity (Wildman–Crippen MR) is 108 cm³/mol. The first-order valence-corrected chi connectivity index (χ1v) is 9.44. The lowest BCUT2D eigenvalue weighted by Crippen LogP contribution is -2.31. The van der Waals surface area contributed by atoms with E-state index in [0.717, 1.165) is 34.6 Å². The molecule has 0 amide bonds. The summed E-state index contributed by atoms with van der Waals surface area (Å²) >= 11 is 12.8. The molecule has 5 heteroatoms. The van der Waals surface area contributed by atoms with E-state index in [0.29, 0.717) is 16.5 Å². The van der Waals surface area contributed by atoms with Crippen LogP contribution in [0.1, 0.15) is 38.3 Å². The number of carbonyl (C=O) groups is 1. The number of anilines is 2. The quantitative estimate of drug-likeness (QED) is 0.611. The monoisotopic (exact) mass is 386 g/mol. The first-order valence-electron chi connectivity index (χ1n) is 8.68. The fraction of sp³-hybridized carbons (Fsp3) is 0.286. The molecule has 1 aliphatic heterocycles. The van der Waals surface area contributed by atoms with Crippen LogP contribution >= 0.6 is 23.2 Å². The third-order valence-corrected chi connectivity index (χ3v) is 5.85. The Morgan fingerprint density at radius 1 is 1.00 bits per heavy atom. The highest BCUT2D eigenvalue weighted by atomic mass is 35.5. The van der Waals surface area contributed by atoms with E-state index in [-0.39, 0.29) is 17.2 Å². The van der Waals surface area contributed by atoms with E-state index in [1.807, 2.05) is 36.4 Å². The number of allylic oxidation sites excluding steroid dienone is 1. The van der Waals surface area contributed by atoms with E-state index in [9.17, 15) is 4.79 Å². The molecule has 0 aromatic heterocycles. The molecule has 1 heterocycles. The summed E-state index contributed by atoms with van der Waals surface area (Å²) < 4.78 is 0. The molecule has 1 atom stereocenters. The number of fused-ring (bicyclic) bond motifs is 1. The summed E-state index contributed by atoms with van der Waals surface area (Å²) in [6.45, 7) is 4.25. The van der Waals surface area contributed by atoms with Crippen molar-refractivity contribution in [1.82, 2.24) is 0 Å². The van der Waals surface area contributed by atoms with Crippen molar-refractivity contribution in [2.75, 3.05) is 10.6 Å². The largest absolute Gasteiger partial charge is 0.372 e. The van der Waals surface area contributed by atoms with Gasteiger partial charge in [-0.2, -0.15) is 0 Å². The van der Waals surface area contributed by atoms with E-state index < -0.39 is 0 Å². The fourth-order valence-corrected chi connectivity index (χ4v) is 4.28. The van der Waals surface area contributed by atoms with Gasteiger partial charge in [-0.1, -0.05) is 61.3 Å². The topological polar surface area (TPSA) is 41.1 Å². The number of rotatable bonds is 1. The Labute approximate surface area is 163 Å². The van der Waals surface area contributed by atoms with E-state index >= 15 is 0 Å². The average Bonchev–Trinajstić information content (AvgIpc) is 2.72. The molecule has 0 unspecified atom stereocenters. The standard InChI is InChI=1S/C21H20Cl2N2O/c1-21(2)10-16-18(17(26)11-21)20(12-6-5-7-13(22)19(12)23)25-15-9-4-3-8-14(15)24-16/h3-9,20,24-25H,10-11H2,1-2H3/t20-/m0/s1. The Hall–Kier alpha value is -1.97. The SMILES string of the molecule is CC1(C)CC(=O)C2=C(C1)Nc1ccccc1N[C@H]2c1cccc(Cl)c1Cl. The summed E-state index contributed by atoms with van der Waals surface area (Å²) in [5.74, 6) is 0.144. The molecular weight excluding hydrogens is 367 g/mol. The molecule has 2 N–H and O–H groups in total. The van der Waals surface area contributed by atoms with Crippen LogP contribution in [-0.2, 0) is 4.79 Å². The zero-order valence-corrected chi connectivity index (χ0v) is 16.2. The molecule has 0 saturated carbocycles. The van der Waals surface area contributed by atoms with Crippen molar-refractivity contribution in [3.05, 3.63) is 69.3 Å². The highest BCUT2D eigenvalue weighted by molar-refractivity contribution is 6.42. The fourth-order valence-electron chi connectivity index (χ4n) is 3.87. The van der Waals surface area contributed by atoms with Gasteiger partial charge in [-0.3, -0.25) is 4.79 Å².